The minimum absolute atomic E-state index is 0.0581. The Morgan fingerprint density at radius 2 is 1.96 bits per heavy atom. The van der Waals surface area contributed by atoms with Gasteiger partial charge in [-0.25, -0.2) is 0 Å². The first-order valence-corrected chi connectivity index (χ1v) is 9.17. The summed E-state index contributed by atoms with van der Waals surface area (Å²) in [7, 11) is 0. The number of hydrogen-bond acceptors (Lipinski definition) is 6. The van der Waals surface area contributed by atoms with E-state index in [1.807, 2.05) is 16.5 Å². The summed E-state index contributed by atoms with van der Waals surface area (Å²) in [4.78, 5) is 26.7. The van der Waals surface area contributed by atoms with E-state index in [1.54, 1.807) is 0 Å². The molecular weight excluding hydrogens is 350 g/mol. The maximum atomic E-state index is 12.4. The molecule has 10 heteroatoms. The van der Waals surface area contributed by atoms with Gasteiger partial charge in [-0.3, -0.25) is 14.4 Å². The zero-order valence-electron chi connectivity index (χ0n) is 15.7. The van der Waals surface area contributed by atoms with Gasteiger partial charge in [0, 0.05) is 57.4 Å². The minimum atomic E-state index is -0.538. The predicted octanol–water partition coefficient (Wildman–Crippen LogP) is 1.05. The fraction of sp³-hybridized carbons (Fsp3) is 0.588. The molecule has 1 saturated heterocycles. The van der Waals surface area contributed by atoms with E-state index >= 15 is 0 Å². The molecule has 2 aromatic rings. The Bertz CT molecular complexity index is 805. The van der Waals surface area contributed by atoms with Crippen molar-refractivity contribution in [2.45, 2.75) is 39.9 Å². The lowest BCUT2D eigenvalue weighted by Crippen LogP contribution is -2.48. The van der Waals surface area contributed by atoms with Crippen molar-refractivity contribution < 1.29 is 9.72 Å². The van der Waals surface area contributed by atoms with E-state index in [2.05, 4.69) is 28.2 Å². The predicted molar refractivity (Wildman–Crippen MR) is 98.0 cm³/mol. The van der Waals surface area contributed by atoms with Gasteiger partial charge < -0.3 is 15.0 Å². The molecule has 3 rings (SSSR count). The van der Waals surface area contributed by atoms with Crippen molar-refractivity contribution in [2.24, 2.45) is 0 Å². The van der Waals surface area contributed by atoms with Gasteiger partial charge in [-0.15, -0.1) is 0 Å². The van der Waals surface area contributed by atoms with E-state index in [-0.39, 0.29) is 11.7 Å². The summed E-state index contributed by atoms with van der Waals surface area (Å²) in [6.45, 7) is 9.21. The van der Waals surface area contributed by atoms with Crippen LogP contribution in [0.3, 0.4) is 0 Å². The van der Waals surface area contributed by atoms with Crippen LogP contribution in [0.1, 0.15) is 24.6 Å². The summed E-state index contributed by atoms with van der Waals surface area (Å²) in [6, 6.07) is 1.34. The van der Waals surface area contributed by atoms with Crippen LogP contribution in [-0.2, 0) is 24.4 Å². The van der Waals surface area contributed by atoms with Gasteiger partial charge in [-0.05, 0) is 18.8 Å². The minimum Gasteiger partial charge on any atom is -0.358 e. The van der Waals surface area contributed by atoms with Crippen molar-refractivity contribution in [3.8, 4) is 0 Å². The standard InChI is InChI=1S/C17H25N7O3/c1-3-22-13-15(14(2)18-22)12-20-8-10-21(11-9-20)17(25)5-7-23-6-4-16(19-23)24(26)27/h4,6,13H,3,5,7-12H2,1-2H3. The molecule has 1 aliphatic rings. The van der Waals surface area contributed by atoms with Crippen LogP contribution in [0.4, 0.5) is 5.82 Å². The quantitative estimate of drug-likeness (QED) is 0.529. The number of amides is 1. The summed E-state index contributed by atoms with van der Waals surface area (Å²) in [5.74, 6) is -0.138. The lowest BCUT2D eigenvalue weighted by Gasteiger charge is -2.34. The second-order valence-corrected chi connectivity index (χ2v) is 6.70. The number of carbonyl (C=O) groups excluding carboxylic acids is 1. The number of rotatable bonds is 7. The summed E-state index contributed by atoms with van der Waals surface area (Å²) < 4.78 is 3.39. The van der Waals surface area contributed by atoms with E-state index in [4.69, 9.17) is 0 Å². The Morgan fingerprint density at radius 1 is 1.22 bits per heavy atom. The van der Waals surface area contributed by atoms with Crippen molar-refractivity contribution in [3.63, 3.8) is 0 Å². The molecule has 27 heavy (non-hydrogen) atoms. The van der Waals surface area contributed by atoms with Crippen LogP contribution < -0.4 is 0 Å². The first kappa shape index (κ1) is 19.0. The molecule has 0 saturated carbocycles. The molecule has 1 fully saturated rings. The molecule has 0 radical (unpaired) electrons. The van der Waals surface area contributed by atoms with Crippen LogP contribution in [0.15, 0.2) is 18.5 Å². The Hall–Kier alpha value is -2.75. The summed E-state index contributed by atoms with van der Waals surface area (Å²) in [5.41, 5.74) is 2.29. The first-order chi connectivity index (χ1) is 13.0. The molecule has 0 bridgehead atoms. The van der Waals surface area contributed by atoms with Crippen LogP contribution in [-0.4, -0.2) is 66.4 Å². The van der Waals surface area contributed by atoms with Crippen molar-refractivity contribution in [2.75, 3.05) is 26.2 Å². The molecule has 0 spiro atoms. The topological polar surface area (TPSA) is 102 Å². The third kappa shape index (κ3) is 4.70. The van der Waals surface area contributed by atoms with Gasteiger partial charge in [0.25, 0.3) is 0 Å². The van der Waals surface area contributed by atoms with Gasteiger partial charge >= 0.3 is 5.82 Å². The molecule has 1 amide bonds. The number of aromatic nitrogens is 4. The Balaban J connectivity index is 1.44. The largest absolute Gasteiger partial charge is 0.389 e. The number of carbonyl (C=O) groups is 1. The van der Waals surface area contributed by atoms with E-state index in [0.29, 0.717) is 26.1 Å². The highest BCUT2D eigenvalue weighted by atomic mass is 16.6. The van der Waals surface area contributed by atoms with Crippen LogP contribution in [0.25, 0.3) is 0 Å². The molecule has 0 atom stereocenters. The smallest absolute Gasteiger partial charge is 0.358 e. The normalized spacial score (nSPS) is 15.3. The fourth-order valence-corrected chi connectivity index (χ4v) is 3.21. The summed E-state index contributed by atoms with van der Waals surface area (Å²) in [6.07, 6.45) is 3.92. The van der Waals surface area contributed by atoms with Crippen molar-refractivity contribution >= 4 is 11.7 Å². The van der Waals surface area contributed by atoms with E-state index < -0.39 is 4.92 Å². The number of piperazine rings is 1. The zero-order chi connectivity index (χ0) is 19.4. The number of aryl methyl sites for hydroxylation is 3. The van der Waals surface area contributed by atoms with E-state index in [9.17, 15) is 14.9 Å². The van der Waals surface area contributed by atoms with Crippen LogP contribution in [0, 0.1) is 17.0 Å². The van der Waals surface area contributed by atoms with Gasteiger partial charge in [0.2, 0.25) is 5.91 Å². The second kappa shape index (κ2) is 8.30. The Morgan fingerprint density at radius 3 is 2.56 bits per heavy atom. The molecule has 3 heterocycles. The summed E-state index contributed by atoms with van der Waals surface area (Å²) in [5, 5.41) is 19.0. The van der Waals surface area contributed by atoms with Gasteiger partial charge in [-0.2, -0.15) is 9.78 Å². The molecule has 2 aromatic heterocycles. The highest BCUT2D eigenvalue weighted by Crippen LogP contribution is 2.13. The van der Waals surface area contributed by atoms with Crippen molar-refractivity contribution in [1.82, 2.24) is 29.4 Å². The third-order valence-electron chi connectivity index (χ3n) is 4.86. The zero-order valence-corrected chi connectivity index (χ0v) is 15.7. The maximum Gasteiger partial charge on any atom is 0.389 e. The van der Waals surface area contributed by atoms with E-state index in [1.165, 1.54) is 22.5 Å². The number of nitrogens with zero attached hydrogens (tertiary/aromatic N) is 7. The lowest BCUT2D eigenvalue weighted by molar-refractivity contribution is -0.389. The number of nitro groups is 1. The molecule has 0 aromatic carbocycles. The van der Waals surface area contributed by atoms with Gasteiger partial charge in [0.05, 0.1) is 29.6 Å². The third-order valence-corrected chi connectivity index (χ3v) is 4.86. The van der Waals surface area contributed by atoms with Crippen LogP contribution in [0.2, 0.25) is 0 Å². The highest BCUT2D eigenvalue weighted by Gasteiger charge is 2.22. The molecule has 0 aliphatic carbocycles. The van der Waals surface area contributed by atoms with Gasteiger partial charge in [0.1, 0.15) is 0 Å². The number of hydrogen-bond donors (Lipinski definition) is 0. The SMILES string of the molecule is CCn1cc(CN2CCN(C(=O)CCn3ccc([N+](=O)[O-])n3)CC2)c(C)n1. The average molecular weight is 375 g/mol. The van der Waals surface area contributed by atoms with Crippen LogP contribution >= 0.6 is 0 Å². The van der Waals surface area contributed by atoms with Crippen molar-refractivity contribution in [3.05, 3.63) is 39.8 Å². The van der Waals surface area contributed by atoms with Crippen LogP contribution in [0.5, 0.6) is 0 Å². The van der Waals surface area contributed by atoms with Gasteiger partial charge in [0.15, 0.2) is 0 Å². The monoisotopic (exact) mass is 375 g/mol. The molecule has 0 N–H and O–H groups in total. The highest BCUT2D eigenvalue weighted by molar-refractivity contribution is 5.76. The average Bonchev–Trinajstić information content (AvgIpc) is 3.27. The molecule has 10 nitrogen and oxygen atoms in total. The van der Waals surface area contributed by atoms with Crippen molar-refractivity contribution in [1.29, 1.82) is 0 Å². The first-order valence-electron chi connectivity index (χ1n) is 9.17. The molecule has 146 valence electrons. The molecule has 0 unspecified atom stereocenters. The Kier molecular flexibility index (Phi) is 5.84. The maximum absolute atomic E-state index is 12.4. The lowest BCUT2D eigenvalue weighted by atomic mass is 10.2. The van der Waals surface area contributed by atoms with E-state index in [0.717, 1.165) is 31.9 Å². The fourth-order valence-electron chi connectivity index (χ4n) is 3.21. The Labute approximate surface area is 157 Å². The summed E-state index contributed by atoms with van der Waals surface area (Å²) >= 11 is 0. The molecule has 1 aliphatic heterocycles. The second-order valence-electron chi connectivity index (χ2n) is 6.70. The van der Waals surface area contributed by atoms with Gasteiger partial charge in [-0.1, -0.05) is 0 Å². The molecular formula is C17H25N7O3.